The van der Waals surface area contributed by atoms with E-state index in [0.717, 1.165) is 0 Å². The molecule has 0 aromatic carbocycles. The Bertz CT molecular complexity index is 105. The van der Waals surface area contributed by atoms with Crippen LogP contribution in [-0.2, 0) is 12.6 Å². The van der Waals surface area contributed by atoms with E-state index in [-0.39, 0.29) is 18.9 Å². The smallest absolute Gasteiger partial charge is 0.789 e. The van der Waals surface area contributed by atoms with Crippen molar-refractivity contribution in [3.05, 3.63) is 0 Å². The Balaban J connectivity index is 0.00000169. The minimum absolute atomic E-state index is 0. The van der Waals surface area contributed by atoms with Gasteiger partial charge in [0.2, 0.25) is 0 Å². The van der Waals surface area contributed by atoms with Gasteiger partial charge >= 0.3 is 18.9 Å². The van der Waals surface area contributed by atoms with Gasteiger partial charge < -0.3 is 12.6 Å². The second kappa shape index (κ2) is 10.5. The number of hydrogen-bond acceptors (Lipinski definition) is 1. The molecule has 78 valence electrons. The predicted octanol–water partition coefficient (Wildman–Crippen LogP) is 1.21. The molecule has 1 saturated carbocycles. The van der Waals surface area contributed by atoms with Gasteiger partial charge in [0, 0.05) is 0 Å². The van der Waals surface area contributed by atoms with Crippen molar-refractivity contribution in [1.29, 1.82) is 0 Å². The van der Waals surface area contributed by atoms with Crippen LogP contribution in [-0.4, -0.2) is 5.25 Å². The van der Waals surface area contributed by atoms with E-state index >= 15 is 0 Å². The Labute approximate surface area is 107 Å². The summed E-state index contributed by atoms with van der Waals surface area (Å²) in [6.07, 6.45) is 15.5. The van der Waals surface area contributed by atoms with Gasteiger partial charge in [-0.25, -0.2) is 0 Å². The van der Waals surface area contributed by atoms with Crippen LogP contribution in [0, 0.1) is 0 Å². The first kappa shape index (κ1) is 14.9. The van der Waals surface area contributed by atoms with Crippen LogP contribution in [0.1, 0.15) is 70.6 Å². The number of hydrogen-bond donors (Lipinski definition) is 0. The van der Waals surface area contributed by atoms with E-state index in [4.69, 9.17) is 12.6 Å². The first-order chi connectivity index (χ1) is 6.39. The topological polar surface area (TPSA) is 0 Å². The van der Waals surface area contributed by atoms with Gasteiger partial charge in [0.05, 0.1) is 0 Å². The maximum Gasteiger partial charge on any atom is 1.00 e. The van der Waals surface area contributed by atoms with Crippen molar-refractivity contribution in [2.45, 2.75) is 75.9 Å². The fraction of sp³-hybridized carbons (Fsp3) is 1.00. The monoisotopic (exact) mass is 206 g/mol. The second-order valence-electron chi connectivity index (χ2n) is 4.38. The first-order valence-corrected chi connectivity index (χ1v) is 6.52. The van der Waals surface area contributed by atoms with Crippen LogP contribution in [0.15, 0.2) is 0 Å². The third-order valence-electron chi connectivity index (χ3n) is 3.05. The third kappa shape index (κ3) is 8.27. The zero-order valence-corrected chi connectivity index (χ0v) is 10.6. The van der Waals surface area contributed by atoms with Gasteiger partial charge in [-0.05, 0) is 0 Å². The van der Waals surface area contributed by atoms with Crippen molar-refractivity contribution in [2.24, 2.45) is 0 Å². The molecular weight excluding hydrogens is 183 g/mol. The Hall–Kier alpha value is 0.947. The summed E-state index contributed by atoms with van der Waals surface area (Å²) in [6.45, 7) is 0. The third-order valence-corrected chi connectivity index (χ3v) is 3.52. The van der Waals surface area contributed by atoms with Crippen LogP contribution < -0.4 is 18.9 Å². The minimum Gasteiger partial charge on any atom is -0.789 e. The maximum absolute atomic E-state index is 5.42. The SMILES string of the molecule is [Li+].[S-]C1CCCCCCCCCCC1. The molecule has 0 N–H and O–H groups in total. The van der Waals surface area contributed by atoms with Crippen LogP contribution >= 0.6 is 0 Å². The summed E-state index contributed by atoms with van der Waals surface area (Å²) in [5, 5.41) is 0.583. The van der Waals surface area contributed by atoms with Crippen molar-refractivity contribution in [3.63, 3.8) is 0 Å². The maximum atomic E-state index is 5.42. The van der Waals surface area contributed by atoms with Crippen molar-refractivity contribution >= 4 is 12.6 Å². The quantitative estimate of drug-likeness (QED) is 0.424. The van der Waals surface area contributed by atoms with Crippen molar-refractivity contribution < 1.29 is 18.9 Å². The van der Waals surface area contributed by atoms with Gasteiger partial charge in [0.1, 0.15) is 0 Å². The Morgan fingerprint density at radius 2 is 0.857 bits per heavy atom. The summed E-state index contributed by atoms with van der Waals surface area (Å²) in [6, 6.07) is 0. The fourth-order valence-electron chi connectivity index (χ4n) is 2.13. The second-order valence-corrected chi connectivity index (χ2v) is 5.05. The molecule has 1 rings (SSSR count). The molecule has 14 heavy (non-hydrogen) atoms. The molecule has 1 aliphatic carbocycles. The largest absolute Gasteiger partial charge is 1.00 e. The van der Waals surface area contributed by atoms with Crippen LogP contribution in [0.5, 0.6) is 0 Å². The van der Waals surface area contributed by atoms with Crippen molar-refractivity contribution in [1.82, 2.24) is 0 Å². The predicted molar refractivity (Wildman–Crippen MR) is 61.9 cm³/mol. The average Bonchev–Trinajstić information content (AvgIpc) is 2.11. The molecule has 0 amide bonds. The van der Waals surface area contributed by atoms with E-state index < -0.39 is 0 Å². The molecule has 0 spiro atoms. The summed E-state index contributed by atoms with van der Waals surface area (Å²) in [5.41, 5.74) is 0. The van der Waals surface area contributed by atoms with E-state index in [2.05, 4.69) is 0 Å². The number of rotatable bonds is 0. The molecule has 0 atom stereocenters. The first-order valence-electron chi connectivity index (χ1n) is 6.05. The molecule has 0 saturated heterocycles. The molecule has 0 radical (unpaired) electrons. The summed E-state index contributed by atoms with van der Waals surface area (Å²) in [5.74, 6) is 0. The summed E-state index contributed by atoms with van der Waals surface area (Å²) in [4.78, 5) is 0. The summed E-state index contributed by atoms with van der Waals surface area (Å²) in [7, 11) is 0. The van der Waals surface area contributed by atoms with Crippen LogP contribution in [0.4, 0.5) is 0 Å². The van der Waals surface area contributed by atoms with Gasteiger partial charge in [-0.15, -0.1) is 0 Å². The van der Waals surface area contributed by atoms with Gasteiger partial charge in [0.25, 0.3) is 0 Å². The molecular formula is C12H23LiS. The Morgan fingerprint density at radius 1 is 0.571 bits per heavy atom. The van der Waals surface area contributed by atoms with Gasteiger partial charge in [-0.2, -0.15) is 5.25 Å². The van der Waals surface area contributed by atoms with Gasteiger partial charge in [-0.3, -0.25) is 0 Å². The molecule has 1 fully saturated rings. The van der Waals surface area contributed by atoms with Crippen molar-refractivity contribution in [2.75, 3.05) is 0 Å². The molecule has 1 aliphatic rings. The zero-order chi connectivity index (χ0) is 9.36. The molecule has 2 heteroatoms. The molecule has 0 aromatic rings. The standard InChI is InChI=1S/C12H24S.Li/c13-12-10-8-6-4-2-1-3-5-7-9-11-12;/h12-13H,1-11H2;/q;+1/p-1. The summed E-state index contributed by atoms with van der Waals surface area (Å²) < 4.78 is 0. The average molecular weight is 206 g/mol. The van der Waals surface area contributed by atoms with E-state index in [0.29, 0.717) is 5.25 Å². The fourth-order valence-corrected chi connectivity index (χ4v) is 2.46. The molecule has 0 aromatic heterocycles. The Morgan fingerprint density at radius 3 is 1.21 bits per heavy atom. The zero-order valence-electron chi connectivity index (χ0n) is 9.76. The van der Waals surface area contributed by atoms with E-state index in [1.54, 1.807) is 0 Å². The molecule has 0 aliphatic heterocycles. The van der Waals surface area contributed by atoms with Crippen LogP contribution in [0.2, 0.25) is 0 Å². The molecule has 0 bridgehead atoms. The minimum atomic E-state index is 0. The van der Waals surface area contributed by atoms with Crippen molar-refractivity contribution in [3.8, 4) is 0 Å². The molecule has 0 nitrogen and oxygen atoms in total. The van der Waals surface area contributed by atoms with Crippen LogP contribution in [0.3, 0.4) is 0 Å². The van der Waals surface area contributed by atoms with E-state index in [9.17, 15) is 0 Å². The normalized spacial score (nSPS) is 22.9. The van der Waals surface area contributed by atoms with Gasteiger partial charge in [0.15, 0.2) is 0 Å². The molecule has 0 heterocycles. The van der Waals surface area contributed by atoms with E-state index in [1.165, 1.54) is 70.6 Å². The molecule has 0 unspecified atom stereocenters. The summed E-state index contributed by atoms with van der Waals surface area (Å²) >= 11 is 5.42. The Kier molecular flexibility index (Phi) is 11.2. The van der Waals surface area contributed by atoms with E-state index in [1.807, 2.05) is 0 Å². The van der Waals surface area contributed by atoms with Crippen LogP contribution in [0.25, 0.3) is 0 Å². The van der Waals surface area contributed by atoms with Gasteiger partial charge in [-0.1, -0.05) is 70.6 Å².